The van der Waals surface area contributed by atoms with Crippen LogP contribution >= 0.6 is 27.5 Å². The van der Waals surface area contributed by atoms with E-state index in [0.717, 1.165) is 33.1 Å². The van der Waals surface area contributed by atoms with Gasteiger partial charge in [-0.3, -0.25) is 4.79 Å². The maximum Gasteiger partial charge on any atom is 0.410 e. The predicted molar refractivity (Wildman–Crippen MR) is 164 cm³/mol. The molecule has 1 fully saturated rings. The molecule has 0 unspecified atom stereocenters. The Bertz CT molecular complexity index is 1590. The third kappa shape index (κ3) is 5.86. The van der Waals surface area contributed by atoms with Crippen LogP contribution in [0.3, 0.4) is 0 Å². The Morgan fingerprint density at radius 2 is 1.75 bits per heavy atom. The summed E-state index contributed by atoms with van der Waals surface area (Å²) in [5.41, 5.74) is 10.0. The number of anilines is 1. The zero-order chi connectivity index (χ0) is 28.6. The van der Waals surface area contributed by atoms with Crippen molar-refractivity contribution in [2.45, 2.75) is 26.4 Å². The molecule has 1 aromatic heterocycles. The van der Waals surface area contributed by atoms with Crippen molar-refractivity contribution in [3.8, 4) is 16.9 Å². The Kier molecular flexibility index (Phi) is 7.88. The Morgan fingerprint density at radius 1 is 1.00 bits per heavy atom. The van der Waals surface area contributed by atoms with E-state index in [-0.39, 0.29) is 6.09 Å². The van der Waals surface area contributed by atoms with E-state index in [4.69, 9.17) is 26.8 Å². The highest BCUT2D eigenvalue weighted by Crippen LogP contribution is 2.36. The van der Waals surface area contributed by atoms with Crippen molar-refractivity contribution in [1.29, 1.82) is 0 Å². The molecule has 1 saturated heterocycles. The Balaban J connectivity index is 1.44. The number of halogens is 2. The highest BCUT2D eigenvalue weighted by molar-refractivity contribution is 9.09. The van der Waals surface area contributed by atoms with Crippen LogP contribution in [-0.2, 0) is 4.74 Å². The molecule has 3 aromatic carbocycles. The fourth-order valence-electron chi connectivity index (χ4n) is 4.97. The summed E-state index contributed by atoms with van der Waals surface area (Å²) in [4.78, 5) is 32.4. The summed E-state index contributed by atoms with van der Waals surface area (Å²) in [7, 11) is 0. The van der Waals surface area contributed by atoms with Gasteiger partial charge in [-0.15, -0.1) is 0 Å². The van der Waals surface area contributed by atoms with Crippen molar-refractivity contribution >= 4 is 67.0 Å². The number of alkyl halides is 1. The molecule has 3 N–H and O–H groups in total. The number of benzene rings is 3. The van der Waals surface area contributed by atoms with Crippen molar-refractivity contribution < 1.29 is 19.1 Å². The van der Waals surface area contributed by atoms with E-state index in [2.05, 4.69) is 44.0 Å². The normalized spacial score (nSPS) is 14.1. The van der Waals surface area contributed by atoms with Gasteiger partial charge in [0.25, 0.3) is 5.91 Å². The quantitative estimate of drug-likeness (QED) is 0.236. The second-order valence-electron chi connectivity index (χ2n) is 10.8. The van der Waals surface area contributed by atoms with E-state index in [9.17, 15) is 9.59 Å². The highest BCUT2D eigenvalue weighted by Gasteiger charge is 2.26. The number of hydrogen-bond acceptors (Lipinski definition) is 5. The number of H-pyrrole nitrogens is 1. The maximum atomic E-state index is 12.5. The van der Waals surface area contributed by atoms with Gasteiger partial charge < -0.3 is 30.0 Å². The Hall–Kier alpha value is -3.43. The van der Waals surface area contributed by atoms with Gasteiger partial charge in [-0.25, -0.2) is 4.79 Å². The molecule has 1 aliphatic rings. The van der Waals surface area contributed by atoms with E-state index < -0.39 is 11.5 Å². The molecule has 0 bridgehead atoms. The van der Waals surface area contributed by atoms with Crippen LogP contribution in [0.2, 0.25) is 5.02 Å². The Labute approximate surface area is 246 Å². The zero-order valence-corrected chi connectivity index (χ0v) is 25.1. The highest BCUT2D eigenvalue weighted by atomic mass is 79.9. The number of fused-ring (bicyclic) bond motifs is 3. The van der Waals surface area contributed by atoms with Gasteiger partial charge >= 0.3 is 6.09 Å². The van der Waals surface area contributed by atoms with Gasteiger partial charge in [-0.05, 0) is 68.3 Å². The summed E-state index contributed by atoms with van der Waals surface area (Å²) < 4.78 is 11.2. The first-order valence-corrected chi connectivity index (χ1v) is 14.6. The van der Waals surface area contributed by atoms with Crippen LogP contribution in [0.5, 0.6) is 5.75 Å². The van der Waals surface area contributed by atoms with Gasteiger partial charge in [-0.2, -0.15) is 0 Å². The molecule has 8 nitrogen and oxygen atoms in total. The molecule has 210 valence electrons. The van der Waals surface area contributed by atoms with Gasteiger partial charge in [0.15, 0.2) is 0 Å². The number of piperazine rings is 1. The van der Waals surface area contributed by atoms with E-state index in [0.29, 0.717) is 60.0 Å². The lowest BCUT2D eigenvalue weighted by molar-refractivity contribution is 0.0240. The number of nitrogens with zero attached hydrogens (tertiary/aromatic N) is 2. The maximum absolute atomic E-state index is 12.5. The number of nitrogens with two attached hydrogens (primary N) is 1. The summed E-state index contributed by atoms with van der Waals surface area (Å²) in [6.07, 6.45) is -0.282. The molecule has 0 atom stereocenters. The van der Waals surface area contributed by atoms with Gasteiger partial charge in [0.05, 0.1) is 22.7 Å². The molecule has 4 aromatic rings. The second kappa shape index (κ2) is 11.2. The lowest BCUT2D eigenvalue weighted by atomic mass is 9.98. The molecule has 1 aliphatic heterocycles. The lowest BCUT2D eigenvalue weighted by Gasteiger charge is -2.36. The summed E-state index contributed by atoms with van der Waals surface area (Å²) in [6, 6.07) is 15.6. The van der Waals surface area contributed by atoms with Gasteiger partial charge in [0.2, 0.25) is 0 Å². The number of ether oxygens (including phenoxy) is 2. The smallest absolute Gasteiger partial charge is 0.410 e. The van der Waals surface area contributed by atoms with Crippen molar-refractivity contribution in [3.63, 3.8) is 0 Å². The molecule has 0 spiro atoms. The molecule has 0 radical (unpaired) electrons. The van der Waals surface area contributed by atoms with Crippen molar-refractivity contribution in [3.05, 3.63) is 59.1 Å². The summed E-state index contributed by atoms with van der Waals surface area (Å²) in [5, 5.41) is 3.08. The molecule has 0 saturated carbocycles. The first-order chi connectivity index (χ1) is 19.0. The summed E-state index contributed by atoms with van der Waals surface area (Å²) >= 11 is 9.83. The van der Waals surface area contributed by atoms with E-state index in [1.165, 1.54) is 0 Å². The van der Waals surface area contributed by atoms with Gasteiger partial charge in [-0.1, -0.05) is 39.7 Å². The van der Waals surface area contributed by atoms with E-state index in [1.54, 1.807) is 11.0 Å². The number of primary amides is 1. The van der Waals surface area contributed by atoms with Crippen LogP contribution in [0.15, 0.2) is 48.5 Å². The minimum Gasteiger partial charge on any atom is -0.491 e. The molecular weight excluding hydrogens is 596 g/mol. The monoisotopic (exact) mass is 626 g/mol. The fraction of sp³-hybridized carbons (Fsp3) is 0.333. The van der Waals surface area contributed by atoms with Gasteiger partial charge in [0.1, 0.15) is 11.4 Å². The molecule has 10 heteroatoms. The van der Waals surface area contributed by atoms with Crippen LogP contribution in [0.25, 0.3) is 32.9 Å². The minimum absolute atomic E-state index is 0.282. The average Bonchev–Trinajstić information content (AvgIpc) is 3.28. The molecule has 2 amide bonds. The average molecular weight is 628 g/mol. The Morgan fingerprint density at radius 3 is 2.40 bits per heavy atom. The first-order valence-electron chi connectivity index (χ1n) is 13.1. The van der Waals surface area contributed by atoms with Crippen LogP contribution in [0.1, 0.15) is 31.1 Å². The molecule has 5 rings (SSSR count). The van der Waals surface area contributed by atoms with Crippen LogP contribution in [0, 0.1) is 0 Å². The number of carbonyl (C=O) groups excluding carboxylic acids is 2. The van der Waals surface area contributed by atoms with Crippen molar-refractivity contribution in [2.75, 3.05) is 43.0 Å². The van der Waals surface area contributed by atoms with E-state index >= 15 is 0 Å². The lowest BCUT2D eigenvalue weighted by Crippen LogP contribution is -2.50. The standard InChI is InChI=1S/C30H32BrClN4O4/c1-30(2,3)40-29(38)36-11-9-35(10-12-36)20-5-6-21-22-14-19(15-23(28(33)37)27(22)34-25(21)17-20)18-4-7-26(24(32)16-18)39-13-8-31/h4-7,14-17,34H,8-13H2,1-3H3,(H2,33,37). The number of carbonyl (C=O) groups is 2. The number of hydrogen-bond donors (Lipinski definition) is 2. The van der Waals surface area contributed by atoms with Gasteiger partial charge in [0, 0.05) is 53.5 Å². The minimum atomic E-state index is -0.518. The number of rotatable bonds is 6. The largest absolute Gasteiger partial charge is 0.491 e. The second-order valence-corrected chi connectivity index (χ2v) is 12.0. The molecule has 0 aliphatic carbocycles. The van der Waals surface area contributed by atoms with Crippen LogP contribution in [0.4, 0.5) is 10.5 Å². The van der Waals surface area contributed by atoms with Crippen LogP contribution < -0.4 is 15.4 Å². The third-order valence-corrected chi connectivity index (χ3v) is 7.47. The topological polar surface area (TPSA) is 101 Å². The number of amides is 2. The zero-order valence-electron chi connectivity index (χ0n) is 22.7. The third-order valence-electron chi connectivity index (χ3n) is 6.85. The van der Waals surface area contributed by atoms with E-state index in [1.807, 2.05) is 45.0 Å². The predicted octanol–water partition coefficient (Wildman–Crippen LogP) is 6.57. The number of aromatic amines is 1. The molecule has 2 heterocycles. The van der Waals surface area contributed by atoms with Crippen molar-refractivity contribution in [1.82, 2.24) is 9.88 Å². The number of nitrogens with one attached hydrogen (secondary N) is 1. The summed E-state index contributed by atoms with van der Waals surface area (Å²) in [5.74, 6) is 0.0906. The molecule has 40 heavy (non-hydrogen) atoms. The number of aromatic nitrogens is 1. The fourth-order valence-corrected chi connectivity index (χ4v) is 5.37. The van der Waals surface area contributed by atoms with Crippen LogP contribution in [-0.4, -0.2) is 65.6 Å². The molecular formula is C30H32BrClN4O4. The first kappa shape index (κ1) is 28.1. The SMILES string of the molecule is CC(C)(C)OC(=O)N1CCN(c2ccc3c(c2)[nH]c2c(C(N)=O)cc(-c4ccc(OCCBr)c(Cl)c4)cc23)CC1. The summed E-state index contributed by atoms with van der Waals surface area (Å²) in [6.45, 7) is 8.67. The van der Waals surface area contributed by atoms with Crippen molar-refractivity contribution in [2.24, 2.45) is 5.73 Å².